The van der Waals surface area contributed by atoms with Crippen molar-refractivity contribution in [2.45, 2.75) is 18.6 Å². The van der Waals surface area contributed by atoms with E-state index in [1.807, 2.05) is 0 Å². The lowest BCUT2D eigenvalue weighted by Gasteiger charge is -2.24. The maximum atomic E-state index is 15.0. The predicted molar refractivity (Wildman–Crippen MR) is 134 cm³/mol. The van der Waals surface area contributed by atoms with Gasteiger partial charge in [0.05, 0.1) is 17.5 Å². The zero-order valence-electron chi connectivity index (χ0n) is 19.5. The lowest BCUT2D eigenvalue weighted by Crippen LogP contribution is -2.45. The zero-order chi connectivity index (χ0) is 26.7. The van der Waals surface area contributed by atoms with Crippen LogP contribution in [0.1, 0.15) is 16.9 Å². The highest BCUT2D eigenvalue weighted by Crippen LogP contribution is 2.25. The van der Waals surface area contributed by atoms with E-state index in [2.05, 4.69) is 10.6 Å². The topological polar surface area (TPSA) is 130 Å². The molecule has 192 valence electrons. The van der Waals surface area contributed by atoms with Crippen molar-refractivity contribution < 1.29 is 28.6 Å². The van der Waals surface area contributed by atoms with Gasteiger partial charge in [0.15, 0.2) is 0 Å². The van der Waals surface area contributed by atoms with Crippen molar-refractivity contribution in [1.29, 1.82) is 0 Å². The summed E-state index contributed by atoms with van der Waals surface area (Å²) in [6, 6.07) is 12.1. The number of benzene rings is 2. The van der Waals surface area contributed by atoms with E-state index in [1.54, 1.807) is 24.3 Å². The number of urea groups is 1. The first-order valence-corrected chi connectivity index (χ1v) is 11.5. The van der Waals surface area contributed by atoms with Gasteiger partial charge in [-0.25, -0.2) is 14.0 Å². The molecule has 1 aliphatic rings. The maximum Gasteiger partial charge on any atom is 0.352 e. The van der Waals surface area contributed by atoms with E-state index in [1.165, 1.54) is 36.3 Å². The van der Waals surface area contributed by atoms with Crippen LogP contribution in [0.3, 0.4) is 0 Å². The first kappa shape index (κ1) is 25.9. The molecule has 1 fully saturated rings. The number of rotatable bonds is 6. The predicted octanol–water partition coefficient (Wildman–Crippen LogP) is 3.59. The van der Waals surface area contributed by atoms with Crippen molar-refractivity contribution in [3.05, 3.63) is 87.6 Å². The number of nitrogens with one attached hydrogen (secondary N) is 2. The number of ether oxygens (including phenoxy) is 1. The highest BCUT2D eigenvalue weighted by Gasteiger charge is 2.40. The second kappa shape index (κ2) is 10.8. The first-order valence-electron chi connectivity index (χ1n) is 11.1. The summed E-state index contributed by atoms with van der Waals surface area (Å²) in [6.45, 7) is 0.143. The molecule has 0 saturated carbocycles. The molecule has 2 aromatic carbocycles. The van der Waals surface area contributed by atoms with E-state index in [-0.39, 0.29) is 30.0 Å². The van der Waals surface area contributed by atoms with Crippen molar-refractivity contribution in [3.8, 4) is 5.69 Å². The van der Waals surface area contributed by atoms with E-state index in [9.17, 15) is 28.7 Å². The van der Waals surface area contributed by atoms with Gasteiger partial charge in [-0.2, -0.15) is 0 Å². The highest BCUT2D eigenvalue weighted by atomic mass is 35.5. The lowest BCUT2D eigenvalue weighted by atomic mass is 10.1. The Balaban J connectivity index is 1.54. The molecule has 3 amide bonds. The fourth-order valence-electron chi connectivity index (χ4n) is 4.05. The summed E-state index contributed by atoms with van der Waals surface area (Å²) < 4.78 is 21.2. The Morgan fingerprint density at radius 2 is 1.81 bits per heavy atom. The van der Waals surface area contributed by atoms with E-state index >= 15 is 0 Å². The number of carboxylic acids is 1. The van der Waals surface area contributed by atoms with Crippen LogP contribution in [-0.4, -0.2) is 58.3 Å². The van der Waals surface area contributed by atoms with Crippen LogP contribution in [0.2, 0.25) is 5.02 Å². The van der Waals surface area contributed by atoms with E-state index in [0.29, 0.717) is 10.7 Å². The number of halogens is 2. The number of methoxy groups -OCH3 is 1. The van der Waals surface area contributed by atoms with Gasteiger partial charge in [0, 0.05) is 42.9 Å². The summed E-state index contributed by atoms with van der Waals surface area (Å²) in [4.78, 5) is 51.0. The van der Waals surface area contributed by atoms with Gasteiger partial charge in [-0.05, 0) is 42.5 Å². The van der Waals surface area contributed by atoms with Crippen molar-refractivity contribution in [2.75, 3.05) is 24.3 Å². The Labute approximate surface area is 215 Å². The van der Waals surface area contributed by atoms with Crippen LogP contribution in [0, 0.1) is 5.82 Å². The molecule has 4 rings (SSSR count). The highest BCUT2D eigenvalue weighted by molar-refractivity contribution is 6.30. The average Bonchev–Trinajstić information content (AvgIpc) is 3.31. The molecule has 0 spiro atoms. The van der Waals surface area contributed by atoms with Crippen molar-refractivity contribution >= 4 is 40.9 Å². The number of hydrogen-bond donors (Lipinski definition) is 3. The number of carbonyl (C=O) groups excluding carboxylic acids is 2. The second-order valence-electron chi connectivity index (χ2n) is 8.24. The van der Waals surface area contributed by atoms with Gasteiger partial charge in [-0.15, -0.1) is 0 Å². The summed E-state index contributed by atoms with van der Waals surface area (Å²) in [5.41, 5.74) is -0.748. The Kier molecular flexibility index (Phi) is 7.55. The van der Waals surface area contributed by atoms with E-state index < -0.39 is 41.4 Å². The fourth-order valence-corrected chi connectivity index (χ4v) is 4.18. The SMILES string of the molecule is CO[C@@H]1C[C@H](C(=O)Nc2ccc(-n3c(C(=O)O)cccc3=O)cc2F)N(C(=O)Nc2ccc(Cl)cc2)C1. The molecule has 10 nitrogen and oxygen atoms in total. The molecule has 1 aromatic heterocycles. The number of carboxylic acid groups (broad SMARTS) is 1. The fraction of sp³-hybridized carbons (Fsp3) is 0.200. The maximum absolute atomic E-state index is 15.0. The van der Waals surface area contributed by atoms with Crippen LogP contribution in [0.4, 0.5) is 20.6 Å². The van der Waals surface area contributed by atoms with E-state index in [4.69, 9.17) is 16.3 Å². The third-order valence-corrected chi connectivity index (χ3v) is 6.15. The third kappa shape index (κ3) is 5.63. The number of anilines is 2. The molecule has 0 unspecified atom stereocenters. The van der Waals surface area contributed by atoms with Crippen LogP contribution in [0.15, 0.2) is 65.5 Å². The molecule has 1 saturated heterocycles. The molecule has 2 atom stereocenters. The Hall–Kier alpha value is -4.22. The van der Waals surface area contributed by atoms with Crippen molar-refractivity contribution in [1.82, 2.24) is 9.47 Å². The van der Waals surface area contributed by atoms with Gasteiger partial charge < -0.3 is 25.4 Å². The smallest absolute Gasteiger partial charge is 0.352 e. The average molecular weight is 529 g/mol. The molecule has 37 heavy (non-hydrogen) atoms. The first-order chi connectivity index (χ1) is 17.7. The number of carbonyl (C=O) groups is 3. The summed E-state index contributed by atoms with van der Waals surface area (Å²) in [5, 5.41) is 15.0. The summed E-state index contributed by atoms with van der Waals surface area (Å²) in [6.07, 6.45) is -0.212. The molecule has 0 aliphatic carbocycles. The number of amides is 3. The minimum atomic E-state index is -1.36. The van der Waals surface area contributed by atoms with Crippen molar-refractivity contribution in [2.24, 2.45) is 0 Å². The van der Waals surface area contributed by atoms with E-state index in [0.717, 1.165) is 16.7 Å². The normalized spacial score (nSPS) is 16.9. The third-order valence-electron chi connectivity index (χ3n) is 5.90. The Morgan fingerprint density at radius 1 is 1.08 bits per heavy atom. The number of pyridine rings is 1. The van der Waals surface area contributed by atoms with Gasteiger partial charge in [0.2, 0.25) is 5.91 Å². The monoisotopic (exact) mass is 528 g/mol. The molecule has 3 aromatic rings. The largest absolute Gasteiger partial charge is 0.477 e. The van der Waals surface area contributed by atoms with Crippen LogP contribution >= 0.6 is 11.6 Å². The Morgan fingerprint density at radius 3 is 2.46 bits per heavy atom. The standard InChI is InChI=1S/C25H22ClFN4O6/c1-37-17-12-21(30(13-17)25(36)28-15-7-5-14(26)6-8-15)23(33)29-19-10-9-16(11-18(19)27)31-20(24(34)35)3-2-4-22(31)32/h2-11,17,21H,12-13H2,1H3,(H,28,36)(H,29,33)(H,34,35)/t17-,21-/m1/s1. The van der Waals surface area contributed by atoms with Gasteiger partial charge in [-0.3, -0.25) is 14.2 Å². The summed E-state index contributed by atoms with van der Waals surface area (Å²) in [5.74, 6) is -2.89. The van der Waals surface area contributed by atoms with Gasteiger partial charge in [0.25, 0.3) is 5.56 Å². The van der Waals surface area contributed by atoms with Crippen molar-refractivity contribution in [3.63, 3.8) is 0 Å². The van der Waals surface area contributed by atoms with Gasteiger partial charge in [-0.1, -0.05) is 17.7 Å². The molecule has 12 heteroatoms. The summed E-state index contributed by atoms with van der Waals surface area (Å²) >= 11 is 5.88. The number of nitrogens with zero attached hydrogens (tertiary/aromatic N) is 2. The molecule has 3 N–H and O–H groups in total. The lowest BCUT2D eigenvalue weighted by molar-refractivity contribution is -0.119. The summed E-state index contributed by atoms with van der Waals surface area (Å²) in [7, 11) is 1.47. The van der Waals surface area contributed by atoms with Crippen LogP contribution in [0.5, 0.6) is 0 Å². The second-order valence-corrected chi connectivity index (χ2v) is 8.68. The molecular weight excluding hydrogens is 507 g/mol. The number of hydrogen-bond acceptors (Lipinski definition) is 5. The number of likely N-dealkylation sites (tertiary alicyclic amines) is 1. The van der Waals surface area contributed by atoms with Crippen LogP contribution < -0.4 is 16.2 Å². The number of aromatic nitrogens is 1. The van der Waals surface area contributed by atoms with Gasteiger partial charge >= 0.3 is 12.0 Å². The van der Waals surface area contributed by atoms with Crippen LogP contribution in [0.25, 0.3) is 5.69 Å². The Bertz CT molecular complexity index is 1410. The number of aromatic carboxylic acids is 1. The zero-order valence-corrected chi connectivity index (χ0v) is 20.2. The molecular formula is C25H22ClFN4O6. The minimum absolute atomic E-state index is 0.0252. The molecule has 0 radical (unpaired) electrons. The van der Waals surface area contributed by atoms with Crippen LogP contribution in [-0.2, 0) is 9.53 Å². The van der Waals surface area contributed by atoms with Gasteiger partial charge in [0.1, 0.15) is 17.6 Å². The quantitative estimate of drug-likeness (QED) is 0.448. The molecule has 1 aliphatic heterocycles. The minimum Gasteiger partial charge on any atom is -0.477 e. The molecule has 0 bridgehead atoms. The molecule has 2 heterocycles.